The van der Waals surface area contributed by atoms with Crippen molar-refractivity contribution in [1.29, 1.82) is 5.26 Å². The number of anilines is 2. The van der Waals surface area contributed by atoms with Crippen LogP contribution < -0.4 is 9.80 Å². The van der Waals surface area contributed by atoms with Crippen LogP contribution in [0.1, 0.15) is 26.7 Å². The largest absolute Gasteiger partial charge is 0.369 e. The van der Waals surface area contributed by atoms with Crippen LogP contribution in [0, 0.1) is 17.2 Å². The molecule has 5 nitrogen and oxygen atoms in total. The molecule has 5 heteroatoms. The maximum absolute atomic E-state index is 12.7. The predicted octanol–water partition coefficient (Wildman–Crippen LogP) is 4.40. The molecule has 0 aromatic heterocycles. The van der Waals surface area contributed by atoms with Crippen molar-refractivity contribution in [3.8, 4) is 17.2 Å². The van der Waals surface area contributed by atoms with Gasteiger partial charge in [-0.3, -0.25) is 9.69 Å². The molecule has 158 valence electrons. The minimum Gasteiger partial charge on any atom is -0.369 e. The quantitative estimate of drug-likeness (QED) is 0.642. The van der Waals surface area contributed by atoms with E-state index in [4.69, 9.17) is 0 Å². The average Bonchev–Trinajstić information content (AvgIpc) is 2.76. The van der Waals surface area contributed by atoms with E-state index in [1.54, 1.807) is 4.90 Å². The number of benzene rings is 2. The second kappa shape index (κ2) is 10.3. The lowest BCUT2D eigenvalue weighted by Gasteiger charge is -2.34. The monoisotopic (exact) mass is 404 g/mol. The number of hydrogen-bond donors (Lipinski definition) is 0. The molecule has 0 radical (unpaired) electrons. The number of carbonyl (C=O) groups excluding carboxylic acids is 1. The fourth-order valence-corrected chi connectivity index (χ4v) is 3.74. The Balaban J connectivity index is 1.83. The molecule has 1 aliphatic heterocycles. The molecule has 1 fully saturated rings. The molecule has 1 heterocycles. The molecule has 2 aromatic carbocycles. The SMILES string of the molecule is CC(C)CCC(=O)N(CC#N)c1cccc(-c2cccc(N3CCN(C)CC3)c2)c1. The van der Waals surface area contributed by atoms with E-state index < -0.39 is 0 Å². The Morgan fingerprint density at radius 3 is 2.40 bits per heavy atom. The summed E-state index contributed by atoms with van der Waals surface area (Å²) in [6.07, 6.45) is 1.29. The highest BCUT2D eigenvalue weighted by molar-refractivity contribution is 5.94. The van der Waals surface area contributed by atoms with Crippen LogP contribution in [0.15, 0.2) is 48.5 Å². The fraction of sp³-hybridized carbons (Fsp3) is 0.440. The molecule has 0 saturated carbocycles. The van der Waals surface area contributed by atoms with Crippen molar-refractivity contribution < 1.29 is 4.79 Å². The molecule has 0 aliphatic carbocycles. The summed E-state index contributed by atoms with van der Waals surface area (Å²) in [7, 11) is 2.16. The van der Waals surface area contributed by atoms with E-state index in [2.05, 4.69) is 67.1 Å². The lowest BCUT2D eigenvalue weighted by Crippen LogP contribution is -2.44. The van der Waals surface area contributed by atoms with Crippen LogP contribution in [-0.2, 0) is 4.79 Å². The predicted molar refractivity (Wildman–Crippen MR) is 124 cm³/mol. The van der Waals surface area contributed by atoms with Crippen molar-refractivity contribution in [3.05, 3.63) is 48.5 Å². The minimum atomic E-state index is 0.00795. The van der Waals surface area contributed by atoms with E-state index in [0.29, 0.717) is 12.3 Å². The van der Waals surface area contributed by atoms with Crippen molar-refractivity contribution in [2.45, 2.75) is 26.7 Å². The van der Waals surface area contributed by atoms with Gasteiger partial charge in [-0.2, -0.15) is 5.26 Å². The van der Waals surface area contributed by atoms with E-state index in [1.807, 2.05) is 18.2 Å². The zero-order valence-corrected chi connectivity index (χ0v) is 18.3. The Labute approximate surface area is 180 Å². The molecule has 3 rings (SSSR count). The lowest BCUT2D eigenvalue weighted by molar-refractivity contribution is -0.118. The normalized spacial score (nSPS) is 14.6. The second-order valence-corrected chi connectivity index (χ2v) is 8.46. The van der Waals surface area contributed by atoms with Crippen molar-refractivity contribution in [1.82, 2.24) is 4.90 Å². The summed E-state index contributed by atoms with van der Waals surface area (Å²) in [6, 6.07) is 18.7. The zero-order chi connectivity index (χ0) is 21.5. The molecule has 1 saturated heterocycles. The third kappa shape index (κ3) is 5.61. The van der Waals surface area contributed by atoms with Crippen LogP contribution in [0.2, 0.25) is 0 Å². The minimum absolute atomic E-state index is 0.00795. The van der Waals surface area contributed by atoms with E-state index in [-0.39, 0.29) is 12.5 Å². The maximum atomic E-state index is 12.7. The summed E-state index contributed by atoms with van der Waals surface area (Å²) in [6.45, 7) is 8.48. The summed E-state index contributed by atoms with van der Waals surface area (Å²) in [4.78, 5) is 19.1. The first-order chi connectivity index (χ1) is 14.5. The highest BCUT2D eigenvalue weighted by Crippen LogP contribution is 2.29. The zero-order valence-electron chi connectivity index (χ0n) is 18.3. The van der Waals surface area contributed by atoms with Gasteiger partial charge in [-0.25, -0.2) is 0 Å². The topological polar surface area (TPSA) is 50.6 Å². The number of nitriles is 1. The van der Waals surface area contributed by atoms with Crippen LogP contribution in [0.25, 0.3) is 11.1 Å². The van der Waals surface area contributed by atoms with E-state index in [9.17, 15) is 10.1 Å². The first-order valence-corrected chi connectivity index (χ1v) is 10.8. The summed E-state index contributed by atoms with van der Waals surface area (Å²) < 4.78 is 0. The highest BCUT2D eigenvalue weighted by Gasteiger charge is 2.17. The van der Waals surface area contributed by atoms with Crippen molar-refractivity contribution in [2.24, 2.45) is 5.92 Å². The third-order valence-corrected chi connectivity index (χ3v) is 5.67. The molecule has 2 aromatic rings. The molecule has 0 N–H and O–H groups in total. The number of rotatable bonds is 7. The van der Waals surface area contributed by atoms with Crippen LogP contribution in [-0.4, -0.2) is 50.6 Å². The number of likely N-dealkylation sites (N-methyl/N-ethyl adjacent to an activating group) is 1. The molecule has 0 spiro atoms. The smallest absolute Gasteiger partial charge is 0.227 e. The van der Waals surface area contributed by atoms with Gasteiger partial charge in [-0.15, -0.1) is 0 Å². The van der Waals surface area contributed by atoms with Crippen LogP contribution >= 0.6 is 0 Å². The standard InChI is InChI=1S/C25H32N4O/c1-20(2)10-11-25(30)29(13-12-26)24-9-5-7-22(19-24)21-6-4-8-23(18-21)28-16-14-27(3)15-17-28/h4-9,18-20H,10-11,13-17H2,1-3H3. The number of carbonyl (C=O) groups is 1. The second-order valence-electron chi connectivity index (χ2n) is 8.46. The highest BCUT2D eigenvalue weighted by atomic mass is 16.2. The Morgan fingerprint density at radius 1 is 1.07 bits per heavy atom. The average molecular weight is 405 g/mol. The van der Waals surface area contributed by atoms with Crippen molar-refractivity contribution in [2.75, 3.05) is 49.6 Å². The van der Waals surface area contributed by atoms with E-state index in [0.717, 1.165) is 49.4 Å². The number of amides is 1. The van der Waals surface area contributed by atoms with Crippen molar-refractivity contribution >= 4 is 17.3 Å². The Kier molecular flexibility index (Phi) is 7.48. The van der Waals surface area contributed by atoms with Crippen LogP contribution in [0.5, 0.6) is 0 Å². The Bertz CT molecular complexity index is 894. The summed E-state index contributed by atoms with van der Waals surface area (Å²) in [5.41, 5.74) is 4.20. The van der Waals surface area contributed by atoms with Gasteiger partial charge in [-0.1, -0.05) is 38.1 Å². The first kappa shape index (κ1) is 21.9. The number of nitrogens with zero attached hydrogens (tertiary/aromatic N) is 4. The van der Waals surface area contributed by atoms with Gasteiger partial charge in [0.25, 0.3) is 0 Å². The first-order valence-electron chi connectivity index (χ1n) is 10.8. The molecule has 30 heavy (non-hydrogen) atoms. The van der Waals surface area contributed by atoms with Gasteiger partial charge in [0.15, 0.2) is 0 Å². The number of hydrogen-bond acceptors (Lipinski definition) is 4. The Hall–Kier alpha value is -2.84. The summed E-state index contributed by atoms with van der Waals surface area (Å²) in [5.74, 6) is 0.468. The molecule has 0 atom stereocenters. The fourth-order valence-electron chi connectivity index (χ4n) is 3.74. The van der Waals surface area contributed by atoms with Gasteiger partial charge in [-0.05, 0) is 54.8 Å². The van der Waals surface area contributed by atoms with Gasteiger partial charge in [0.2, 0.25) is 5.91 Å². The van der Waals surface area contributed by atoms with Crippen LogP contribution in [0.4, 0.5) is 11.4 Å². The van der Waals surface area contributed by atoms with Crippen molar-refractivity contribution in [3.63, 3.8) is 0 Å². The molecule has 1 amide bonds. The molecule has 0 bridgehead atoms. The van der Waals surface area contributed by atoms with Gasteiger partial charge in [0.05, 0.1) is 6.07 Å². The van der Waals surface area contributed by atoms with Gasteiger partial charge < -0.3 is 9.80 Å². The number of piperazine rings is 1. The molecular formula is C25H32N4O. The Morgan fingerprint density at radius 2 is 1.73 bits per heavy atom. The summed E-state index contributed by atoms with van der Waals surface area (Å²) >= 11 is 0. The molecule has 1 aliphatic rings. The van der Waals surface area contributed by atoms with E-state index >= 15 is 0 Å². The summed E-state index contributed by atoms with van der Waals surface area (Å²) in [5, 5.41) is 9.26. The third-order valence-electron chi connectivity index (χ3n) is 5.67. The molecule has 0 unspecified atom stereocenters. The van der Waals surface area contributed by atoms with Gasteiger partial charge in [0, 0.05) is 44.0 Å². The van der Waals surface area contributed by atoms with E-state index in [1.165, 1.54) is 5.69 Å². The lowest BCUT2D eigenvalue weighted by atomic mass is 10.0. The van der Waals surface area contributed by atoms with Gasteiger partial charge in [0.1, 0.15) is 6.54 Å². The van der Waals surface area contributed by atoms with Crippen LogP contribution in [0.3, 0.4) is 0 Å². The van der Waals surface area contributed by atoms with Gasteiger partial charge >= 0.3 is 0 Å². The molecular weight excluding hydrogens is 372 g/mol. The maximum Gasteiger partial charge on any atom is 0.227 e.